The number of hydrogen-bond acceptors (Lipinski definition) is 7. The number of ether oxygens (including phenoxy) is 1. The number of carboxylic acid groups (broad SMARTS) is 1. The molecule has 0 radical (unpaired) electrons. The van der Waals surface area contributed by atoms with E-state index in [1.165, 1.54) is 24.3 Å². The third-order valence-corrected chi connectivity index (χ3v) is 3.97. The van der Waals surface area contributed by atoms with Gasteiger partial charge in [-0.05, 0) is 45.9 Å². The minimum absolute atomic E-state index is 0. The molecule has 0 aromatic heterocycles. The van der Waals surface area contributed by atoms with Crippen LogP contribution in [-0.2, 0) is 31.7 Å². The van der Waals surface area contributed by atoms with Gasteiger partial charge in [0.25, 0.3) is 5.97 Å². The van der Waals surface area contributed by atoms with E-state index in [0.29, 0.717) is 0 Å². The molecule has 2 rings (SSSR count). The number of allylic oxidation sites excluding steroid dienone is 2. The predicted octanol–water partition coefficient (Wildman–Crippen LogP) is 4.66. The molecule has 2 aromatic rings. The molecule has 0 aliphatic carbocycles. The first-order valence-corrected chi connectivity index (χ1v) is 9.43. The Labute approximate surface area is 197 Å². The minimum atomic E-state index is -0.889. The van der Waals surface area contributed by atoms with Crippen molar-refractivity contribution in [3.8, 4) is 23.0 Å². The van der Waals surface area contributed by atoms with E-state index in [2.05, 4.69) is 0 Å². The van der Waals surface area contributed by atoms with Crippen molar-refractivity contribution in [2.24, 2.45) is 0 Å². The number of aliphatic carboxylic acids is 1. The molecule has 0 bridgehead atoms. The van der Waals surface area contributed by atoms with Gasteiger partial charge in [-0.1, -0.05) is 17.2 Å². The summed E-state index contributed by atoms with van der Waals surface area (Å²) in [5.41, 5.74) is 1.88. The van der Waals surface area contributed by atoms with Gasteiger partial charge in [0, 0.05) is 42.3 Å². The Kier molecular flexibility index (Phi) is 11.4. The molecule has 2 aromatic carbocycles. The molecule has 0 aliphatic rings. The van der Waals surface area contributed by atoms with E-state index in [9.17, 15) is 25.2 Å². The van der Waals surface area contributed by atoms with Crippen molar-refractivity contribution in [2.45, 2.75) is 47.1 Å². The van der Waals surface area contributed by atoms with E-state index in [1.807, 2.05) is 19.9 Å². The average molecular weight is 484 g/mol. The summed E-state index contributed by atoms with van der Waals surface area (Å²) >= 11 is 0. The van der Waals surface area contributed by atoms with Crippen molar-refractivity contribution in [2.75, 3.05) is 0 Å². The molecule has 0 fully saturated rings. The number of fused-ring (bicyclic) bond motifs is 1. The van der Waals surface area contributed by atoms with Crippen LogP contribution in [0.5, 0.6) is 23.0 Å². The SMILES string of the molecule is CC(=O)O.CC(C)=CCC(OC(=O)C=C(C)C)c1cc(O)c2c(O)ccc(O)c2c1O.[Cr]. The van der Waals surface area contributed by atoms with Gasteiger partial charge in [0.1, 0.15) is 29.1 Å². The van der Waals surface area contributed by atoms with Gasteiger partial charge in [-0.15, -0.1) is 0 Å². The molecule has 174 valence electrons. The zero-order chi connectivity index (χ0) is 23.9. The van der Waals surface area contributed by atoms with E-state index in [1.54, 1.807) is 13.8 Å². The topological polar surface area (TPSA) is 145 Å². The average Bonchev–Trinajstić information content (AvgIpc) is 2.62. The van der Waals surface area contributed by atoms with Crippen molar-refractivity contribution >= 4 is 22.7 Å². The van der Waals surface area contributed by atoms with Crippen LogP contribution in [0, 0.1) is 0 Å². The van der Waals surface area contributed by atoms with Gasteiger partial charge >= 0.3 is 5.97 Å². The number of esters is 1. The maximum absolute atomic E-state index is 12.1. The van der Waals surface area contributed by atoms with Crippen LogP contribution in [0.25, 0.3) is 10.8 Å². The largest absolute Gasteiger partial charge is 0.507 e. The molecule has 9 heteroatoms. The van der Waals surface area contributed by atoms with Gasteiger partial charge < -0.3 is 30.3 Å². The van der Waals surface area contributed by atoms with Gasteiger partial charge in [-0.25, -0.2) is 4.79 Å². The van der Waals surface area contributed by atoms with E-state index in [-0.39, 0.29) is 63.1 Å². The van der Waals surface area contributed by atoms with Gasteiger partial charge in [-0.3, -0.25) is 4.79 Å². The number of phenolic OH excluding ortho intramolecular Hbond substituents is 4. The van der Waals surface area contributed by atoms with Gasteiger partial charge in [-0.2, -0.15) is 0 Å². The molecule has 0 saturated carbocycles. The van der Waals surface area contributed by atoms with Gasteiger partial charge in [0.05, 0.1) is 10.8 Å². The van der Waals surface area contributed by atoms with Gasteiger partial charge in [0.15, 0.2) is 0 Å². The van der Waals surface area contributed by atoms with Crippen LogP contribution in [0.15, 0.2) is 41.5 Å². The fraction of sp³-hybridized carbons (Fsp3) is 0.304. The molecular formula is C23H28CrO8. The second kappa shape index (κ2) is 12.6. The number of hydrogen-bond donors (Lipinski definition) is 5. The Balaban J connectivity index is 0.00000177. The molecule has 0 amide bonds. The number of carbonyl (C=O) groups excluding carboxylic acids is 1. The summed E-state index contributed by atoms with van der Waals surface area (Å²) in [5.74, 6) is -2.72. The molecule has 32 heavy (non-hydrogen) atoms. The molecule has 0 heterocycles. The number of benzene rings is 2. The quantitative estimate of drug-likeness (QED) is 0.178. The van der Waals surface area contributed by atoms with E-state index in [4.69, 9.17) is 14.6 Å². The maximum atomic E-state index is 12.1. The molecule has 1 atom stereocenters. The zero-order valence-electron chi connectivity index (χ0n) is 18.5. The first kappa shape index (κ1) is 28.9. The van der Waals surface area contributed by atoms with Crippen LogP contribution in [0.1, 0.15) is 52.7 Å². The fourth-order valence-electron chi connectivity index (χ4n) is 2.75. The summed E-state index contributed by atoms with van der Waals surface area (Å²) < 4.78 is 5.48. The fourth-order valence-corrected chi connectivity index (χ4v) is 2.75. The number of rotatable bonds is 5. The molecule has 0 spiro atoms. The van der Waals surface area contributed by atoms with Crippen LogP contribution in [0.4, 0.5) is 0 Å². The summed E-state index contributed by atoms with van der Waals surface area (Å²) in [6.07, 6.45) is 2.54. The second-order valence-electron chi connectivity index (χ2n) is 7.37. The Bertz CT molecular complexity index is 1030. The number of carbonyl (C=O) groups is 2. The Morgan fingerprint density at radius 3 is 1.88 bits per heavy atom. The molecule has 0 saturated heterocycles. The Morgan fingerprint density at radius 2 is 1.41 bits per heavy atom. The smallest absolute Gasteiger partial charge is 0.331 e. The monoisotopic (exact) mass is 484 g/mol. The summed E-state index contributed by atoms with van der Waals surface area (Å²) in [7, 11) is 0. The molecule has 8 nitrogen and oxygen atoms in total. The van der Waals surface area contributed by atoms with Crippen LogP contribution < -0.4 is 0 Å². The molecule has 1 unspecified atom stereocenters. The van der Waals surface area contributed by atoms with Crippen LogP contribution in [0.3, 0.4) is 0 Å². The summed E-state index contributed by atoms with van der Waals surface area (Å²) in [4.78, 5) is 21.1. The maximum Gasteiger partial charge on any atom is 0.331 e. The number of carboxylic acids is 1. The molecular weight excluding hydrogens is 456 g/mol. The van der Waals surface area contributed by atoms with Crippen LogP contribution in [-0.4, -0.2) is 37.5 Å². The van der Waals surface area contributed by atoms with Crippen LogP contribution in [0.2, 0.25) is 0 Å². The first-order chi connectivity index (χ1) is 14.3. The zero-order valence-corrected chi connectivity index (χ0v) is 19.8. The minimum Gasteiger partial charge on any atom is -0.507 e. The van der Waals surface area contributed by atoms with Crippen LogP contribution >= 0.6 is 0 Å². The van der Waals surface area contributed by atoms with Crippen molar-refractivity contribution in [1.82, 2.24) is 0 Å². The van der Waals surface area contributed by atoms with Crippen molar-refractivity contribution in [3.63, 3.8) is 0 Å². The van der Waals surface area contributed by atoms with E-state index in [0.717, 1.165) is 18.1 Å². The van der Waals surface area contributed by atoms with Crippen molar-refractivity contribution in [1.29, 1.82) is 0 Å². The second-order valence-corrected chi connectivity index (χ2v) is 7.37. The van der Waals surface area contributed by atoms with E-state index >= 15 is 0 Å². The first-order valence-electron chi connectivity index (χ1n) is 9.43. The summed E-state index contributed by atoms with van der Waals surface area (Å²) in [6.45, 7) is 8.37. The van der Waals surface area contributed by atoms with Crippen molar-refractivity contribution < 1.29 is 57.2 Å². The standard InChI is InChI=1S/C21H24O6.C2H4O2.Cr/c1-11(2)5-8-17(27-18(25)9-12(3)4)13-10-16(24)19-14(22)6-7-15(23)20(19)21(13)26;1-2(3)4;/h5-7,9-10,17,22-24,26H,8H2,1-4H3;1H3,(H,3,4);. The van der Waals surface area contributed by atoms with Crippen molar-refractivity contribution in [3.05, 3.63) is 47.1 Å². The normalized spacial score (nSPS) is 10.7. The number of aromatic hydroxyl groups is 4. The van der Waals surface area contributed by atoms with E-state index < -0.39 is 18.0 Å². The number of phenols is 4. The predicted molar refractivity (Wildman–Crippen MR) is 116 cm³/mol. The molecule has 5 N–H and O–H groups in total. The Hall–Kier alpha value is -3.15. The summed E-state index contributed by atoms with van der Waals surface area (Å²) in [6, 6.07) is 3.66. The third kappa shape index (κ3) is 8.18. The molecule has 0 aliphatic heterocycles. The third-order valence-electron chi connectivity index (χ3n) is 3.97. The summed E-state index contributed by atoms with van der Waals surface area (Å²) in [5, 5.41) is 48.4. The Morgan fingerprint density at radius 1 is 0.906 bits per heavy atom. The van der Waals surface area contributed by atoms with Gasteiger partial charge in [0.2, 0.25) is 0 Å².